The zero-order valence-electron chi connectivity index (χ0n) is 16.9. The summed E-state index contributed by atoms with van der Waals surface area (Å²) in [5, 5.41) is 3.50. The topological polar surface area (TPSA) is 84.9 Å². The van der Waals surface area contributed by atoms with Crippen LogP contribution in [-0.2, 0) is 19.6 Å². The fourth-order valence-electron chi connectivity index (χ4n) is 3.14. The molecule has 0 unspecified atom stereocenters. The van der Waals surface area contributed by atoms with Crippen molar-refractivity contribution >= 4 is 27.5 Å². The Morgan fingerprint density at radius 2 is 1.87 bits per heavy atom. The van der Waals surface area contributed by atoms with Gasteiger partial charge in [-0.1, -0.05) is 23.7 Å². The van der Waals surface area contributed by atoms with Crippen LogP contribution in [0.25, 0.3) is 0 Å². The number of carbonyl (C=O) groups excluding carboxylic acids is 1. The Morgan fingerprint density at radius 1 is 1.20 bits per heavy atom. The van der Waals surface area contributed by atoms with Gasteiger partial charge in [0.1, 0.15) is 5.75 Å². The number of amides is 1. The van der Waals surface area contributed by atoms with Gasteiger partial charge in [0.05, 0.1) is 24.2 Å². The number of hydrogen-bond acceptors (Lipinski definition) is 5. The molecule has 0 bridgehead atoms. The third kappa shape index (κ3) is 5.51. The number of nitrogens with zero attached hydrogens (tertiary/aromatic N) is 1. The summed E-state index contributed by atoms with van der Waals surface area (Å²) in [6.45, 7) is 4.91. The maximum absolute atomic E-state index is 12.8. The zero-order chi connectivity index (χ0) is 21.7. The maximum Gasteiger partial charge on any atom is 0.258 e. The first kappa shape index (κ1) is 22.6. The van der Waals surface area contributed by atoms with E-state index in [1.54, 1.807) is 31.2 Å². The van der Waals surface area contributed by atoms with E-state index in [9.17, 15) is 13.2 Å². The van der Waals surface area contributed by atoms with Crippen LogP contribution in [0.15, 0.2) is 47.4 Å². The van der Waals surface area contributed by atoms with Gasteiger partial charge in [-0.2, -0.15) is 4.31 Å². The number of nitrogens with one attached hydrogen (secondary N) is 1. The summed E-state index contributed by atoms with van der Waals surface area (Å²) in [5.74, 6) is 0.187. The molecule has 9 heteroatoms. The molecule has 0 spiro atoms. The summed E-state index contributed by atoms with van der Waals surface area (Å²) in [4.78, 5) is 12.4. The van der Waals surface area contributed by atoms with Crippen molar-refractivity contribution in [3.8, 4) is 5.75 Å². The van der Waals surface area contributed by atoms with E-state index >= 15 is 0 Å². The number of carbonyl (C=O) groups is 1. The average molecular weight is 453 g/mol. The minimum Gasteiger partial charge on any atom is -0.484 e. The van der Waals surface area contributed by atoms with E-state index in [0.29, 0.717) is 42.6 Å². The van der Waals surface area contributed by atoms with Crippen molar-refractivity contribution in [1.82, 2.24) is 9.62 Å². The van der Waals surface area contributed by atoms with Crippen LogP contribution in [0.1, 0.15) is 24.1 Å². The predicted molar refractivity (Wildman–Crippen MR) is 114 cm³/mol. The fraction of sp³-hybridized carbons (Fsp3) is 0.381. The van der Waals surface area contributed by atoms with Gasteiger partial charge in [0.15, 0.2) is 6.61 Å². The van der Waals surface area contributed by atoms with Crippen molar-refractivity contribution in [3.05, 3.63) is 58.6 Å². The number of ether oxygens (including phenoxy) is 2. The molecular formula is C21H25ClN2O5S. The molecule has 1 amide bonds. The first-order valence-electron chi connectivity index (χ1n) is 9.63. The second-order valence-corrected chi connectivity index (χ2v) is 9.45. The molecule has 2 aromatic carbocycles. The molecule has 2 aromatic rings. The molecule has 1 fully saturated rings. The highest BCUT2D eigenvalue weighted by Gasteiger charge is 2.26. The van der Waals surface area contributed by atoms with Gasteiger partial charge >= 0.3 is 0 Å². The summed E-state index contributed by atoms with van der Waals surface area (Å²) in [6, 6.07) is 11.7. The minimum absolute atomic E-state index is 0.172. The SMILES string of the molecule is Cc1cc(S(=O)(=O)N2CCOCC2)ccc1OCC(=O)N[C@@H](C)c1ccc(Cl)cc1. The Kier molecular flexibility index (Phi) is 7.36. The van der Waals surface area contributed by atoms with E-state index in [2.05, 4.69) is 5.32 Å². The molecule has 1 aliphatic heterocycles. The fourth-order valence-corrected chi connectivity index (χ4v) is 4.76. The van der Waals surface area contributed by atoms with E-state index in [4.69, 9.17) is 21.1 Å². The summed E-state index contributed by atoms with van der Waals surface area (Å²) in [5.41, 5.74) is 1.57. The van der Waals surface area contributed by atoms with E-state index in [-0.39, 0.29) is 23.5 Å². The van der Waals surface area contributed by atoms with Gasteiger partial charge in [0, 0.05) is 18.1 Å². The second-order valence-electron chi connectivity index (χ2n) is 7.07. The highest BCUT2D eigenvalue weighted by molar-refractivity contribution is 7.89. The Morgan fingerprint density at radius 3 is 2.50 bits per heavy atom. The van der Waals surface area contributed by atoms with Crippen molar-refractivity contribution in [1.29, 1.82) is 0 Å². The second kappa shape index (κ2) is 9.78. The van der Waals surface area contributed by atoms with Crippen LogP contribution in [0.5, 0.6) is 5.75 Å². The highest BCUT2D eigenvalue weighted by atomic mass is 35.5. The van der Waals surface area contributed by atoms with E-state index < -0.39 is 10.0 Å². The van der Waals surface area contributed by atoms with E-state index in [1.807, 2.05) is 19.1 Å². The Balaban J connectivity index is 1.59. The molecule has 0 saturated carbocycles. The van der Waals surface area contributed by atoms with Crippen molar-refractivity contribution < 1.29 is 22.7 Å². The third-order valence-corrected chi connectivity index (χ3v) is 7.01. The number of aryl methyl sites for hydroxylation is 1. The lowest BCUT2D eigenvalue weighted by atomic mass is 10.1. The normalized spacial score (nSPS) is 16.1. The standard InChI is InChI=1S/C21H25ClN2O5S/c1-15-13-19(30(26,27)24-9-11-28-12-10-24)7-8-20(15)29-14-21(25)23-16(2)17-3-5-18(22)6-4-17/h3-8,13,16H,9-12,14H2,1-2H3,(H,23,25)/t16-/m0/s1. The van der Waals surface area contributed by atoms with Crippen LogP contribution in [0.4, 0.5) is 0 Å². The van der Waals surface area contributed by atoms with Crippen molar-refractivity contribution in [2.75, 3.05) is 32.9 Å². The lowest BCUT2D eigenvalue weighted by Crippen LogP contribution is -2.40. The number of rotatable bonds is 7. The number of morpholine rings is 1. The largest absolute Gasteiger partial charge is 0.484 e. The first-order valence-corrected chi connectivity index (χ1v) is 11.5. The smallest absolute Gasteiger partial charge is 0.258 e. The molecule has 1 saturated heterocycles. The Labute approximate surface area is 182 Å². The lowest BCUT2D eigenvalue weighted by Gasteiger charge is -2.26. The van der Waals surface area contributed by atoms with Gasteiger partial charge in [-0.25, -0.2) is 8.42 Å². The van der Waals surface area contributed by atoms with Crippen LogP contribution in [0.2, 0.25) is 5.02 Å². The predicted octanol–water partition coefficient (Wildman–Crippen LogP) is 2.93. The molecule has 0 aromatic heterocycles. The first-order chi connectivity index (χ1) is 14.3. The van der Waals surface area contributed by atoms with Gasteiger partial charge in [0.25, 0.3) is 5.91 Å². The third-order valence-electron chi connectivity index (χ3n) is 4.86. The molecule has 1 heterocycles. The highest BCUT2D eigenvalue weighted by Crippen LogP contribution is 2.24. The van der Waals surface area contributed by atoms with Gasteiger partial charge in [-0.05, 0) is 55.3 Å². The molecule has 30 heavy (non-hydrogen) atoms. The number of hydrogen-bond donors (Lipinski definition) is 1. The molecule has 162 valence electrons. The molecule has 0 aliphatic carbocycles. The van der Waals surface area contributed by atoms with Gasteiger partial charge in [0.2, 0.25) is 10.0 Å². The van der Waals surface area contributed by atoms with Crippen molar-refractivity contribution in [2.24, 2.45) is 0 Å². The van der Waals surface area contributed by atoms with Crippen LogP contribution in [-0.4, -0.2) is 51.5 Å². The molecule has 1 atom stereocenters. The Hall–Kier alpha value is -2.13. The van der Waals surface area contributed by atoms with Crippen LogP contribution in [0, 0.1) is 6.92 Å². The van der Waals surface area contributed by atoms with E-state index in [1.165, 1.54) is 10.4 Å². The number of sulfonamides is 1. The summed E-state index contributed by atoms with van der Waals surface area (Å²) in [7, 11) is -3.57. The number of benzene rings is 2. The molecule has 1 N–H and O–H groups in total. The van der Waals surface area contributed by atoms with Crippen LogP contribution < -0.4 is 10.1 Å². The average Bonchev–Trinajstić information content (AvgIpc) is 2.73. The summed E-state index contributed by atoms with van der Waals surface area (Å²) >= 11 is 5.88. The monoisotopic (exact) mass is 452 g/mol. The summed E-state index contributed by atoms with van der Waals surface area (Å²) < 4.78 is 37.7. The molecule has 3 rings (SSSR count). The van der Waals surface area contributed by atoms with E-state index in [0.717, 1.165) is 5.56 Å². The van der Waals surface area contributed by atoms with Crippen LogP contribution in [0.3, 0.4) is 0 Å². The van der Waals surface area contributed by atoms with Gasteiger partial charge < -0.3 is 14.8 Å². The zero-order valence-corrected chi connectivity index (χ0v) is 18.5. The lowest BCUT2D eigenvalue weighted by molar-refractivity contribution is -0.123. The molecule has 7 nitrogen and oxygen atoms in total. The van der Waals surface area contributed by atoms with Gasteiger partial charge in [-0.3, -0.25) is 4.79 Å². The molecular weight excluding hydrogens is 428 g/mol. The van der Waals surface area contributed by atoms with Crippen LogP contribution >= 0.6 is 11.6 Å². The van der Waals surface area contributed by atoms with Crippen molar-refractivity contribution in [3.63, 3.8) is 0 Å². The van der Waals surface area contributed by atoms with Gasteiger partial charge in [-0.15, -0.1) is 0 Å². The molecule has 0 radical (unpaired) electrons. The van der Waals surface area contributed by atoms with Crippen molar-refractivity contribution in [2.45, 2.75) is 24.8 Å². The molecule has 1 aliphatic rings. The Bertz CT molecular complexity index is 989. The maximum atomic E-state index is 12.8. The number of halogens is 1. The summed E-state index contributed by atoms with van der Waals surface area (Å²) in [6.07, 6.45) is 0. The quantitative estimate of drug-likeness (QED) is 0.698. The minimum atomic E-state index is -3.57.